The molecule has 1 saturated heterocycles. The number of carbonyl (C=O) groups is 1. The number of nitrogens with zero attached hydrogens (tertiary/aromatic N) is 1. The Hall–Kier alpha value is -1.31. The van der Waals surface area contributed by atoms with E-state index in [-0.39, 0.29) is 0 Å². The van der Waals surface area contributed by atoms with Crippen LogP contribution < -0.4 is 0 Å². The minimum absolute atomic E-state index is 0.297. The molecule has 1 amide bonds. The fourth-order valence-electron chi connectivity index (χ4n) is 2.74. The van der Waals surface area contributed by atoms with Crippen molar-refractivity contribution in [2.75, 3.05) is 6.54 Å². The molecule has 1 heterocycles. The molecule has 0 bridgehead atoms. The number of benzene rings is 1. The molecule has 1 aromatic carbocycles. The van der Waals surface area contributed by atoms with Crippen molar-refractivity contribution in [3.05, 3.63) is 35.4 Å². The monoisotopic (exact) mass is 245 g/mol. The number of carbonyl (C=O) groups excluding carboxylic acids is 1. The van der Waals surface area contributed by atoms with Gasteiger partial charge in [0.1, 0.15) is 0 Å². The Labute approximate surface area is 110 Å². The van der Waals surface area contributed by atoms with Crippen molar-refractivity contribution in [1.29, 1.82) is 0 Å². The molecule has 2 heteroatoms. The SMILES string of the molecule is CCC1CCCCN1C(=O)Cc1ccc(C)cc1. The van der Waals surface area contributed by atoms with Gasteiger partial charge in [-0.15, -0.1) is 0 Å². The maximum absolute atomic E-state index is 12.3. The molecular weight excluding hydrogens is 222 g/mol. The molecule has 0 saturated carbocycles. The van der Waals surface area contributed by atoms with Gasteiger partial charge in [-0.05, 0) is 38.2 Å². The molecule has 0 aliphatic carbocycles. The molecule has 0 aromatic heterocycles. The maximum Gasteiger partial charge on any atom is 0.227 e. The van der Waals surface area contributed by atoms with Crippen LogP contribution in [0.3, 0.4) is 0 Å². The first kappa shape index (κ1) is 13.1. The number of hydrogen-bond donors (Lipinski definition) is 0. The van der Waals surface area contributed by atoms with Gasteiger partial charge in [0, 0.05) is 12.6 Å². The van der Waals surface area contributed by atoms with Gasteiger partial charge in [0.15, 0.2) is 0 Å². The summed E-state index contributed by atoms with van der Waals surface area (Å²) in [6, 6.07) is 8.76. The normalized spacial score (nSPS) is 19.9. The Morgan fingerprint density at radius 2 is 2.00 bits per heavy atom. The van der Waals surface area contributed by atoms with Gasteiger partial charge in [-0.1, -0.05) is 36.8 Å². The molecule has 1 aliphatic rings. The molecule has 1 aliphatic heterocycles. The van der Waals surface area contributed by atoms with E-state index in [1.165, 1.54) is 18.4 Å². The summed E-state index contributed by atoms with van der Waals surface area (Å²) in [6.07, 6.45) is 5.25. The fraction of sp³-hybridized carbons (Fsp3) is 0.562. The molecule has 18 heavy (non-hydrogen) atoms. The minimum Gasteiger partial charge on any atom is -0.339 e. The number of amides is 1. The van der Waals surface area contributed by atoms with Gasteiger partial charge in [0.2, 0.25) is 5.91 Å². The van der Waals surface area contributed by atoms with E-state index in [2.05, 4.69) is 43.0 Å². The standard InChI is InChI=1S/C16H23NO/c1-3-15-6-4-5-11-17(15)16(18)12-14-9-7-13(2)8-10-14/h7-10,15H,3-6,11-12H2,1-2H3. The van der Waals surface area contributed by atoms with Crippen molar-refractivity contribution in [3.63, 3.8) is 0 Å². The molecule has 1 aromatic rings. The van der Waals surface area contributed by atoms with Crippen molar-refractivity contribution in [2.24, 2.45) is 0 Å². The highest BCUT2D eigenvalue weighted by atomic mass is 16.2. The summed E-state index contributed by atoms with van der Waals surface area (Å²) >= 11 is 0. The van der Waals surface area contributed by atoms with E-state index >= 15 is 0 Å². The summed E-state index contributed by atoms with van der Waals surface area (Å²) in [5.74, 6) is 0.297. The summed E-state index contributed by atoms with van der Waals surface area (Å²) in [5.41, 5.74) is 2.38. The van der Waals surface area contributed by atoms with Gasteiger partial charge >= 0.3 is 0 Å². The predicted molar refractivity (Wildman–Crippen MR) is 74.5 cm³/mol. The Bertz CT molecular complexity index is 396. The maximum atomic E-state index is 12.3. The van der Waals surface area contributed by atoms with E-state index in [1.54, 1.807) is 0 Å². The third kappa shape index (κ3) is 3.12. The second-order valence-corrected chi connectivity index (χ2v) is 5.31. The van der Waals surface area contributed by atoms with Crippen molar-refractivity contribution in [1.82, 2.24) is 4.90 Å². The van der Waals surface area contributed by atoms with Gasteiger partial charge in [0.05, 0.1) is 6.42 Å². The van der Waals surface area contributed by atoms with Crippen molar-refractivity contribution in [3.8, 4) is 0 Å². The van der Waals surface area contributed by atoms with Crippen LogP contribution in [0.4, 0.5) is 0 Å². The molecule has 2 rings (SSSR count). The number of piperidine rings is 1. The summed E-state index contributed by atoms with van der Waals surface area (Å²) in [4.78, 5) is 14.4. The highest BCUT2D eigenvalue weighted by molar-refractivity contribution is 5.79. The number of hydrogen-bond acceptors (Lipinski definition) is 1. The molecule has 98 valence electrons. The van der Waals surface area contributed by atoms with Crippen LogP contribution >= 0.6 is 0 Å². The fourth-order valence-corrected chi connectivity index (χ4v) is 2.74. The van der Waals surface area contributed by atoms with Crippen LogP contribution in [0.1, 0.15) is 43.7 Å². The average molecular weight is 245 g/mol. The Morgan fingerprint density at radius 1 is 1.28 bits per heavy atom. The van der Waals surface area contributed by atoms with Crippen LogP contribution in [0.5, 0.6) is 0 Å². The first-order valence-corrected chi connectivity index (χ1v) is 7.05. The number of aryl methyl sites for hydroxylation is 1. The summed E-state index contributed by atoms with van der Waals surface area (Å²) in [5, 5.41) is 0. The van der Waals surface area contributed by atoms with Crippen LogP contribution in [0.25, 0.3) is 0 Å². The second kappa shape index (κ2) is 6.03. The molecule has 2 nitrogen and oxygen atoms in total. The van der Waals surface area contributed by atoms with Crippen LogP contribution in [-0.4, -0.2) is 23.4 Å². The van der Waals surface area contributed by atoms with E-state index in [4.69, 9.17) is 0 Å². The summed E-state index contributed by atoms with van der Waals surface area (Å²) < 4.78 is 0. The first-order valence-electron chi connectivity index (χ1n) is 7.05. The molecule has 1 unspecified atom stereocenters. The van der Waals surface area contributed by atoms with Gasteiger partial charge in [-0.2, -0.15) is 0 Å². The first-order chi connectivity index (χ1) is 8.70. The van der Waals surface area contributed by atoms with Crippen molar-refractivity contribution < 1.29 is 4.79 Å². The molecule has 1 fully saturated rings. The van der Waals surface area contributed by atoms with Crippen molar-refractivity contribution >= 4 is 5.91 Å². The topological polar surface area (TPSA) is 20.3 Å². The lowest BCUT2D eigenvalue weighted by Gasteiger charge is -2.35. The zero-order valence-electron chi connectivity index (χ0n) is 11.5. The van der Waals surface area contributed by atoms with E-state index in [0.717, 1.165) is 24.9 Å². The minimum atomic E-state index is 0.297. The van der Waals surface area contributed by atoms with E-state index in [9.17, 15) is 4.79 Å². The highest BCUT2D eigenvalue weighted by Gasteiger charge is 2.24. The molecule has 0 N–H and O–H groups in total. The van der Waals surface area contributed by atoms with Crippen LogP contribution in [0.2, 0.25) is 0 Å². The second-order valence-electron chi connectivity index (χ2n) is 5.31. The lowest BCUT2D eigenvalue weighted by molar-refractivity contribution is -0.134. The Balaban J connectivity index is 2.00. The Morgan fingerprint density at radius 3 is 2.67 bits per heavy atom. The van der Waals surface area contributed by atoms with Gasteiger partial charge in [-0.3, -0.25) is 4.79 Å². The van der Waals surface area contributed by atoms with E-state index < -0.39 is 0 Å². The van der Waals surface area contributed by atoms with Gasteiger partial charge in [0.25, 0.3) is 0 Å². The van der Waals surface area contributed by atoms with Gasteiger partial charge in [-0.25, -0.2) is 0 Å². The molecule has 0 spiro atoms. The smallest absolute Gasteiger partial charge is 0.227 e. The highest BCUT2D eigenvalue weighted by Crippen LogP contribution is 2.20. The van der Waals surface area contributed by atoms with E-state index in [0.29, 0.717) is 18.4 Å². The van der Waals surface area contributed by atoms with Gasteiger partial charge < -0.3 is 4.90 Å². The lowest BCUT2D eigenvalue weighted by Crippen LogP contribution is -2.44. The zero-order valence-corrected chi connectivity index (χ0v) is 11.5. The zero-order chi connectivity index (χ0) is 13.0. The lowest BCUT2D eigenvalue weighted by atomic mass is 9.99. The van der Waals surface area contributed by atoms with Crippen LogP contribution in [-0.2, 0) is 11.2 Å². The summed E-state index contributed by atoms with van der Waals surface area (Å²) in [7, 11) is 0. The number of likely N-dealkylation sites (tertiary alicyclic amines) is 1. The van der Waals surface area contributed by atoms with Crippen molar-refractivity contribution in [2.45, 2.75) is 52.0 Å². The van der Waals surface area contributed by atoms with Crippen LogP contribution in [0, 0.1) is 6.92 Å². The third-order valence-corrected chi connectivity index (χ3v) is 3.89. The Kier molecular flexibility index (Phi) is 4.40. The average Bonchev–Trinajstić information content (AvgIpc) is 2.41. The number of rotatable bonds is 3. The predicted octanol–water partition coefficient (Wildman–Crippen LogP) is 3.33. The summed E-state index contributed by atoms with van der Waals surface area (Å²) in [6.45, 7) is 5.20. The molecule has 0 radical (unpaired) electrons. The quantitative estimate of drug-likeness (QED) is 0.800. The molecular formula is C16H23NO. The van der Waals surface area contributed by atoms with E-state index in [1.807, 2.05) is 0 Å². The van der Waals surface area contributed by atoms with Crippen LogP contribution in [0.15, 0.2) is 24.3 Å². The third-order valence-electron chi connectivity index (χ3n) is 3.89. The largest absolute Gasteiger partial charge is 0.339 e. The molecule has 1 atom stereocenters.